The van der Waals surface area contributed by atoms with Crippen molar-refractivity contribution in [3.8, 4) is 0 Å². The van der Waals surface area contributed by atoms with Crippen LogP contribution in [0.15, 0.2) is 24.3 Å². The summed E-state index contributed by atoms with van der Waals surface area (Å²) in [6.07, 6.45) is 0.952. The molecule has 0 amide bonds. The molecule has 1 aliphatic heterocycles. The van der Waals surface area contributed by atoms with Gasteiger partial charge in [-0.15, -0.1) is 0 Å². The van der Waals surface area contributed by atoms with E-state index in [1.165, 1.54) is 5.56 Å². The highest BCUT2D eigenvalue weighted by Gasteiger charge is 2.34. The summed E-state index contributed by atoms with van der Waals surface area (Å²) in [5, 5.41) is 0.840. The minimum atomic E-state index is 0.361. The molecule has 4 heteroatoms. The minimum absolute atomic E-state index is 0.361. The van der Waals surface area contributed by atoms with Crippen LogP contribution in [0.5, 0.6) is 0 Å². The molecule has 1 fully saturated rings. The van der Waals surface area contributed by atoms with E-state index < -0.39 is 0 Å². The first kappa shape index (κ1) is 11.9. The summed E-state index contributed by atoms with van der Waals surface area (Å²) in [5.74, 6) is 0.386. The van der Waals surface area contributed by atoms with Gasteiger partial charge in [0, 0.05) is 23.0 Å². The number of hydrogen-bond acceptors (Lipinski definition) is 3. The molecule has 3 unspecified atom stereocenters. The summed E-state index contributed by atoms with van der Waals surface area (Å²) in [7, 11) is 0. The molecule has 0 saturated carbocycles. The Morgan fingerprint density at radius 3 is 2.75 bits per heavy atom. The molecule has 3 atom stereocenters. The lowest BCUT2D eigenvalue weighted by molar-refractivity contribution is 0.498. The Hall–Kier alpha value is -0.610. The molecule has 16 heavy (non-hydrogen) atoms. The number of nitrogens with two attached hydrogens (primary N) is 1. The van der Waals surface area contributed by atoms with E-state index in [2.05, 4.69) is 23.8 Å². The molecule has 0 bridgehead atoms. The lowest BCUT2D eigenvalue weighted by atomic mass is 9.86. The second kappa shape index (κ2) is 5.15. The first-order chi connectivity index (χ1) is 7.74. The normalized spacial score (nSPS) is 29.6. The van der Waals surface area contributed by atoms with Crippen molar-refractivity contribution >= 4 is 11.6 Å². The Morgan fingerprint density at radius 1 is 1.31 bits per heavy atom. The van der Waals surface area contributed by atoms with Crippen molar-refractivity contribution in [1.29, 1.82) is 0 Å². The van der Waals surface area contributed by atoms with Gasteiger partial charge in [0.1, 0.15) is 0 Å². The fourth-order valence-electron chi connectivity index (χ4n) is 2.43. The van der Waals surface area contributed by atoms with E-state index in [4.69, 9.17) is 17.3 Å². The zero-order valence-corrected chi connectivity index (χ0v) is 10.2. The molecule has 3 nitrogen and oxygen atoms in total. The van der Waals surface area contributed by atoms with Crippen LogP contribution < -0.4 is 16.6 Å². The van der Waals surface area contributed by atoms with Gasteiger partial charge >= 0.3 is 0 Å². The maximum Gasteiger partial charge on any atom is 0.0442 e. The van der Waals surface area contributed by atoms with Gasteiger partial charge in [0.2, 0.25) is 0 Å². The second-order valence-corrected chi connectivity index (χ2v) is 4.72. The lowest BCUT2D eigenvalue weighted by Crippen LogP contribution is -2.33. The monoisotopic (exact) mass is 239 g/mol. The van der Waals surface area contributed by atoms with Crippen molar-refractivity contribution in [2.24, 2.45) is 5.73 Å². The van der Waals surface area contributed by atoms with E-state index >= 15 is 0 Å². The van der Waals surface area contributed by atoms with Crippen molar-refractivity contribution in [3.05, 3.63) is 34.9 Å². The number of hydrazine groups is 1. The van der Waals surface area contributed by atoms with Gasteiger partial charge in [-0.25, -0.2) is 0 Å². The maximum atomic E-state index is 6.25. The van der Waals surface area contributed by atoms with E-state index in [1.54, 1.807) is 0 Å². The van der Waals surface area contributed by atoms with Crippen LogP contribution in [0.2, 0.25) is 5.02 Å². The average molecular weight is 240 g/mol. The summed E-state index contributed by atoms with van der Waals surface area (Å²) in [6.45, 7) is 2.85. The number of halogens is 1. The van der Waals surface area contributed by atoms with Crippen LogP contribution in [0, 0.1) is 0 Å². The van der Waals surface area contributed by atoms with Gasteiger partial charge in [0.15, 0.2) is 0 Å². The molecule has 1 aromatic rings. The van der Waals surface area contributed by atoms with Crippen molar-refractivity contribution in [2.75, 3.05) is 6.54 Å². The second-order valence-electron chi connectivity index (χ2n) is 4.31. The van der Waals surface area contributed by atoms with E-state index in [-0.39, 0.29) is 0 Å². The molecule has 0 aliphatic carbocycles. The van der Waals surface area contributed by atoms with Gasteiger partial charge in [-0.2, -0.15) is 0 Å². The predicted molar refractivity (Wildman–Crippen MR) is 67.4 cm³/mol. The summed E-state index contributed by atoms with van der Waals surface area (Å²) in [5.41, 5.74) is 13.4. The summed E-state index contributed by atoms with van der Waals surface area (Å²) >= 11 is 6.25. The first-order valence-electron chi connectivity index (χ1n) is 5.69. The van der Waals surface area contributed by atoms with E-state index in [9.17, 15) is 0 Å². The molecular weight excluding hydrogens is 222 g/mol. The molecule has 0 spiro atoms. The fourth-order valence-corrected chi connectivity index (χ4v) is 2.69. The molecule has 1 heterocycles. The molecule has 4 N–H and O–H groups in total. The molecule has 88 valence electrons. The van der Waals surface area contributed by atoms with Gasteiger partial charge in [-0.05, 0) is 31.5 Å². The van der Waals surface area contributed by atoms with Gasteiger partial charge in [0.25, 0.3) is 0 Å². The van der Waals surface area contributed by atoms with Crippen molar-refractivity contribution in [1.82, 2.24) is 10.9 Å². The van der Waals surface area contributed by atoms with Crippen LogP contribution in [0.25, 0.3) is 0 Å². The Kier molecular flexibility index (Phi) is 3.82. The highest BCUT2D eigenvalue weighted by Crippen LogP contribution is 2.33. The summed E-state index contributed by atoms with van der Waals surface area (Å²) in [6, 6.07) is 8.77. The minimum Gasteiger partial charge on any atom is -0.330 e. The zero-order valence-electron chi connectivity index (χ0n) is 9.41. The Morgan fingerprint density at radius 2 is 2.06 bits per heavy atom. The van der Waals surface area contributed by atoms with Gasteiger partial charge in [-0.1, -0.05) is 29.8 Å². The van der Waals surface area contributed by atoms with Crippen LogP contribution in [-0.4, -0.2) is 18.6 Å². The Balaban J connectivity index is 2.26. The van der Waals surface area contributed by atoms with Crippen LogP contribution in [0.3, 0.4) is 0 Å². The molecule has 1 saturated heterocycles. The molecule has 0 radical (unpaired) electrons. The third-order valence-corrected chi connectivity index (χ3v) is 3.55. The molecular formula is C12H18ClN3. The lowest BCUT2D eigenvalue weighted by Gasteiger charge is -2.22. The number of benzene rings is 1. The highest BCUT2D eigenvalue weighted by molar-refractivity contribution is 6.31. The molecule has 1 aromatic carbocycles. The third kappa shape index (κ3) is 2.23. The standard InChI is InChI=1S/C12H18ClN3/c1-8-12(11(6-7-14)16-15-8)9-4-2-3-5-10(9)13/h2-5,8,11-12,15-16H,6-7,14H2,1H3. The fraction of sp³-hybridized carbons (Fsp3) is 0.500. The third-order valence-electron chi connectivity index (χ3n) is 3.21. The summed E-state index contributed by atoms with van der Waals surface area (Å²) in [4.78, 5) is 0. The quantitative estimate of drug-likeness (QED) is 0.752. The number of nitrogens with one attached hydrogen (secondary N) is 2. The SMILES string of the molecule is CC1NNC(CCN)C1c1ccccc1Cl. The average Bonchev–Trinajstić information content (AvgIpc) is 2.62. The predicted octanol–water partition coefficient (Wildman–Crippen LogP) is 1.64. The smallest absolute Gasteiger partial charge is 0.0442 e. The maximum absolute atomic E-state index is 6.25. The van der Waals surface area contributed by atoms with Crippen molar-refractivity contribution < 1.29 is 0 Å². The van der Waals surface area contributed by atoms with Crippen LogP contribution in [0.1, 0.15) is 24.8 Å². The van der Waals surface area contributed by atoms with Crippen molar-refractivity contribution in [3.63, 3.8) is 0 Å². The highest BCUT2D eigenvalue weighted by atomic mass is 35.5. The Labute approximate surface area is 101 Å². The van der Waals surface area contributed by atoms with Crippen LogP contribution in [0.4, 0.5) is 0 Å². The molecule has 1 aliphatic rings. The van der Waals surface area contributed by atoms with Crippen LogP contribution >= 0.6 is 11.6 Å². The zero-order chi connectivity index (χ0) is 11.5. The van der Waals surface area contributed by atoms with E-state index in [0.29, 0.717) is 24.5 Å². The molecule has 2 rings (SSSR count). The van der Waals surface area contributed by atoms with Gasteiger partial charge in [0.05, 0.1) is 0 Å². The number of rotatable bonds is 3. The molecule has 0 aromatic heterocycles. The number of hydrogen-bond donors (Lipinski definition) is 3. The first-order valence-corrected chi connectivity index (χ1v) is 6.07. The Bertz CT molecular complexity index is 354. The topological polar surface area (TPSA) is 50.1 Å². The largest absolute Gasteiger partial charge is 0.330 e. The van der Waals surface area contributed by atoms with Crippen molar-refractivity contribution in [2.45, 2.75) is 31.3 Å². The van der Waals surface area contributed by atoms with Crippen LogP contribution in [-0.2, 0) is 0 Å². The van der Waals surface area contributed by atoms with E-state index in [0.717, 1.165) is 11.4 Å². The summed E-state index contributed by atoms with van der Waals surface area (Å²) < 4.78 is 0. The van der Waals surface area contributed by atoms with E-state index in [1.807, 2.05) is 18.2 Å². The van der Waals surface area contributed by atoms with Gasteiger partial charge in [-0.3, -0.25) is 10.9 Å². The van der Waals surface area contributed by atoms with Gasteiger partial charge < -0.3 is 5.73 Å².